The second kappa shape index (κ2) is 8.84. The van der Waals surface area contributed by atoms with Gasteiger partial charge in [-0.3, -0.25) is 4.99 Å². The van der Waals surface area contributed by atoms with Crippen LogP contribution in [0.25, 0.3) is 0 Å². The van der Waals surface area contributed by atoms with Crippen LogP contribution in [0, 0.1) is 0 Å². The van der Waals surface area contributed by atoms with Crippen LogP contribution in [-0.2, 0) is 0 Å². The Balaban J connectivity index is 1.63. The number of unbranched alkanes of at least 4 members (excludes halogenated alkanes) is 5. The lowest BCUT2D eigenvalue weighted by atomic mass is 10.1. The number of para-hydroxylation sites is 1. The zero-order chi connectivity index (χ0) is 15.9. The molecule has 0 unspecified atom stereocenters. The lowest BCUT2D eigenvalue weighted by Crippen LogP contribution is -2.19. The van der Waals surface area contributed by atoms with Gasteiger partial charge in [-0.2, -0.15) is 0 Å². The standard InChI is InChI=1S/C19H26N2S2/c1-2-3-4-5-6-9-13-21-16-10-7-8-11-17(16)23-19(21)15-18-20-12-14-22-18/h7-8,10-11,15H,2-6,9,12-14H2,1H3. The highest BCUT2D eigenvalue weighted by atomic mass is 32.2. The van der Waals surface area contributed by atoms with E-state index in [1.165, 1.54) is 59.2 Å². The fourth-order valence-electron chi connectivity index (χ4n) is 2.99. The summed E-state index contributed by atoms with van der Waals surface area (Å²) < 4.78 is 0. The average Bonchev–Trinajstić information content (AvgIpc) is 3.19. The van der Waals surface area contributed by atoms with E-state index >= 15 is 0 Å². The van der Waals surface area contributed by atoms with Crippen molar-refractivity contribution in [3.05, 3.63) is 35.4 Å². The Bertz CT molecular complexity index is 580. The van der Waals surface area contributed by atoms with E-state index in [9.17, 15) is 0 Å². The molecule has 3 rings (SSSR count). The van der Waals surface area contributed by atoms with Crippen molar-refractivity contribution >= 4 is 34.3 Å². The van der Waals surface area contributed by atoms with Crippen LogP contribution in [0.5, 0.6) is 0 Å². The van der Waals surface area contributed by atoms with Gasteiger partial charge in [-0.25, -0.2) is 0 Å². The molecule has 0 atom stereocenters. The van der Waals surface area contributed by atoms with Crippen LogP contribution in [0.2, 0.25) is 0 Å². The summed E-state index contributed by atoms with van der Waals surface area (Å²) in [5, 5.41) is 2.56. The van der Waals surface area contributed by atoms with E-state index in [0.29, 0.717) is 0 Å². The van der Waals surface area contributed by atoms with Crippen molar-refractivity contribution in [2.45, 2.75) is 50.3 Å². The van der Waals surface area contributed by atoms with E-state index in [1.54, 1.807) is 0 Å². The molecule has 124 valence electrons. The predicted molar refractivity (Wildman–Crippen MR) is 106 cm³/mol. The zero-order valence-electron chi connectivity index (χ0n) is 14.0. The molecule has 0 fully saturated rings. The van der Waals surface area contributed by atoms with E-state index in [4.69, 9.17) is 0 Å². The summed E-state index contributed by atoms with van der Waals surface area (Å²) in [7, 11) is 0. The van der Waals surface area contributed by atoms with Crippen molar-refractivity contribution in [1.82, 2.24) is 0 Å². The molecule has 0 spiro atoms. The number of thioether (sulfide) groups is 2. The van der Waals surface area contributed by atoms with Gasteiger partial charge >= 0.3 is 0 Å². The predicted octanol–water partition coefficient (Wildman–Crippen LogP) is 5.95. The van der Waals surface area contributed by atoms with Crippen molar-refractivity contribution in [2.75, 3.05) is 23.7 Å². The summed E-state index contributed by atoms with van der Waals surface area (Å²) >= 11 is 3.78. The maximum Gasteiger partial charge on any atom is 0.0931 e. The van der Waals surface area contributed by atoms with E-state index in [2.05, 4.69) is 47.2 Å². The van der Waals surface area contributed by atoms with Crippen LogP contribution in [0.4, 0.5) is 5.69 Å². The van der Waals surface area contributed by atoms with Crippen LogP contribution < -0.4 is 4.90 Å². The molecule has 4 heteroatoms. The first-order valence-corrected chi connectivity index (χ1v) is 10.6. The van der Waals surface area contributed by atoms with E-state index < -0.39 is 0 Å². The first kappa shape index (κ1) is 17.0. The quantitative estimate of drug-likeness (QED) is 0.541. The molecule has 1 aromatic carbocycles. The molecule has 0 amide bonds. The smallest absolute Gasteiger partial charge is 0.0931 e. The van der Waals surface area contributed by atoms with E-state index in [0.717, 1.165) is 18.8 Å². The second-order valence-corrected chi connectivity index (χ2v) is 8.22. The van der Waals surface area contributed by atoms with Crippen molar-refractivity contribution in [1.29, 1.82) is 0 Å². The third kappa shape index (κ3) is 4.57. The lowest BCUT2D eigenvalue weighted by Gasteiger charge is -2.20. The van der Waals surface area contributed by atoms with Crippen molar-refractivity contribution < 1.29 is 0 Å². The van der Waals surface area contributed by atoms with Gasteiger partial charge in [-0.15, -0.1) is 11.8 Å². The number of fused-ring (bicyclic) bond motifs is 1. The van der Waals surface area contributed by atoms with E-state index in [1.807, 2.05) is 23.5 Å². The van der Waals surface area contributed by atoms with Crippen LogP contribution >= 0.6 is 23.5 Å². The highest BCUT2D eigenvalue weighted by Gasteiger charge is 2.25. The molecule has 0 saturated carbocycles. The number of hydrogen-bond donors (Lipinski definition) is 0. The number of benzene rings is 1. The minimum Gasteiger partial charge on any atom is -0.335 e. The molecule has 2 aliphatic heterocycles. The summed E-state index contributed by atoms with van der Waals surface area (Å²) in [5.74, 6) is 1.13. The maximum atomic E-state index is 4.59. The minimum atomic E-state index is 0.971. The normalized spacial score (nSPS) is 18.6. The highest BCUT2D eigenvalue weighted by Crippen LogP contribution is 2.46. The molecule has 23 heavy (non-hydrogen) atoms. The minimum absolute atomic E-state index is 0.971. The molecule has 0 radical (unpaired) electrons. The summed E-state index contributed by atoms with van der Waals surface area (Å²) in [6, 6.07) is 8.78. The lowest BCUT2D eigenvalue weighted by molar-refractivity contribution is 0.608. The second-order valence-electron chi connectivity index (χ2n) is 6.04. The molecule has 0 aromatic heterocycles. The molecule has 0 saturated heterocycles. The van der Waals surface area contributed by atoms with Crippen LogP contribution in [0.1, 0.15) is 45.4 Å². The number of hydrogen-bond acceptors (Lipinski definition) is 4. The topological polar surface area (TPSA) is 15.6 Å². The maximum absolute atomic E-state index is 4.59. The summed E-state index contributed by atoms with van der Waals surface area (Å²) in [6.07, 6.45) is 10.4. The number of anilines is 1. The van der Waals surface area contributed by atoms with Crippen molar-refractivity contribution in [3.63, 3.8) is 0 Å². The first-order valence-electron chi connectivity index (χ1n) is 8.82. The molecular formula is C19H26N2S2. The van der Waals surface area contributed by atoms with Gasteiger partial charge in [0.15, 0.2) is 0 Å². The molecule has 2 heterocycles. The van der Waals surface area contributed by atoms with Crippen LogP contribution in [0.15, 0.2) is 45.3 Å². The Kier molecular flexibility index (Phi) is 6.52. The van der Waals surface area contributed by atoms with Gasteiger partial charge in [0.05, 0.1) is 15.8 Å². The largest absolute Gasteiger partial charge is 0.335 e. The molecule has 0 aliphatic carbocycles. The molecule has 2 aliphatic rings. The van der Waals surface area contributed by atoms with E-state index in [-0.39, 0.29) is 0 Å². The zero-order valence-corrected chi connectivity index (χ0v) is 15.6. The number of nitrogens with zero attached hydrogens (tertiary/aromatic N) is 2. The average molecular weight is 347 g/mol. The molecule has 0 N–H and O–H groups in total. The third-order valence-electron chi connectivity index (χ3n) is 4.23. The fraction of sp³-hybridized carbons (Fsp3) is 0.526. The van der Waals surface area contributed by atoms with Gasteiger partial charge in [0.25, 0.3) is 0 Å². The summed E-state index contributed by atoms with van der Waals surface area (Å²) in [6.45, 7) is 4.37. The van der Waals surface area contributed by atoms with Gasteiger partial charge in [0.1, 0.15) is 0 Å². The molecular weight excluding hydrogens is 320 g/mol. The SMILES string of the molecule is CCCCCCCCN1C(=CC2=NCCS2)Sc2ccccc21. The Labute approximate surface area is 148 Å². The van der Waals surface area contributed by atoms with Crippen LogP contribution in [-0.4, -0.2) is 23.9 Å². The number of rotatable bonds is 8. The first-order chi connectivity index (χ1) is 11.4. The Hall–Kier alpha value is -0.870. The third-order valence-corrected chi connectivity index (χ3v) is 6.27. The van der Waals surface area contributed by atoms with Crippen molar-refractivity contribution in [2.24, 2.45) is 4.99 Å². The molecule has 1 aromatic rings. The molecule has 0 bridgehead atoms. The summed E-state index contributed by atoms with van der Waals surface area (Å²) in [4.78, 5) is 8.47. The highest BCUT2D eigenvalue weighted by molar-refractivity contribution is 8.14. The Morgan fingerprint density at radius 2 is 1.96 bits per heavy atom. The fourth-order valence-corrected chi connectivity index (χ4v) is 4.95. The van der Waals surface area contributed by atoms with Crippen molar-refractivity contribution in [3.8, 4) is 0 Å². The Morgan fingerprint density at radius 3 is 2.78 bits per heavy atom. The van der Waals surface area contributed by atoms with Gasteiger partial charge < -0.3 is 4.90 Å². The van der Waals surface area contributed by atoms with Crippen LogP contribution in [0.3, 0.4) is 0 Å². The van der Waals surface area contributed by atoms with Gasteiger partial charge in [0.2, 0.25) is 0 Å². The van der Waals surface area contributed by atoms with Gasteiger partial charge in [-0.05, 0) is 18.6 Å². The number of aliphatic imine (C=N–C) groups is 1. The van der Waals surface area contributed by atoms with Gasteiger partial charge in [-0.1, -0.05) is 62.9 Å². The van der Waals surface area contributed by atoms with Gasteiger partial charge in [0, 0.05) is 29.8 Å². The Morgan fingerprint density at radius 1 is 1.13 bits per heavy atom. The summed E-state index contributed by atoms with van der Waals surface area (Å²) in [5.41, 5.74) is 1.38. The monoisotopic (exact) mass is 346 g/mol. The molecule has 2 nitrogen and oxygen atoms in total.